The van der Waals surface area contributed by atoms with Crippen LogP contribution in [0, 0.1) is 6.92 Å². The van der Waals surface area contributed by atoms with Crippen LogP contribution < -0.4 is 0 Å². The Labute approximate surface area is 165 Å². The van der Waals surface area contributed by atoms with E-state index in [4.69, 9.17) is 0 Å². The fraction of sp³-hybridized carbons (Fsp3) is 0.182. The second-order valence-electron chi connectivity index (χ2n) is 5.99. The van der Waals surface area contributed by atoms with Crippen LogP contribution in [0.15, 0.2) is 99.6 Å². The number of rotatable bonds is 5. The van der Waals surface area contributed by atoms with Crippen LogP contribution in [0.2, 0.25) is 0 Å². The maximum Gasteiger partial charge on any atom is 0.160 e. The summed E-state index contributed by atoms with van der Waals surface area (Å²) < 4.78 is 31.2. The van der Waals surface area contributed by atoms with Crippen molar-refractivity contribution in [1.82, 2.24) is 0 Å². The first kappa shape index (κ1) is 21.2. The molecular formula is C22H24O3S2. The van der Waals surface area contributed by atoms with Gasteiger partial charge in [-0.05, 0) is 49.7 Å². The Morgan fingerprint density at radius 3 is 1.59 bits per heavy atom. The monoisotopic (exact) mass is 400 g/mol. The second-order valence-corrected chi connectivity index (χ2v) is 9.50. The van der Waals surface area contributed by atoms with Gasteiger partial charge in [-0.3, -0.25) is 0 Å². The fourth-order valence-electron chi connectivity index (χ4n) is 2.45. The predicted molar refractivity (Wildman–Crippen MR) is 111 cm³/mol. The van der Waals surface area contributed by atoms with Gasteiger partial charge in [0.05, 0.1) is 15.8 Å². The van der Waals surface area contributed by atoms with Crippen molar-refractivity contribution in [3.63, 3.8) is 0 Å². The molecular weight excluding hydrogens is 376 g/mol. The van der Waals surface area contributed by atoms with Crippen LogP contribution in [0.1, 0.15) is 18.9 Å². The van der Waals surface area contributed by atoms with Gasteiger partial charge < -0.3 is 4.55 Å². The summed E-state index contributed by atoms with van der Waals surface area (Å²) in [6, 6.07) is 27.5. The average Bonchev–Trinajstić information content (AvgIpc) is 2.68. The molecule has 0 N–H and O–H groups in total. The predicted octanol–water partition coefficient (Wildman–Crippen LogP) is 5.03. The summed E-state index contributed by atoms with van der Waals surface area (Å²) in [7, 11) is -4.02. The summed E-state index contributed by atoms with van der Waals surface area (Å²) in [6.07, 6.45) is 1.23. The molecule has 0 spiro atoms. The van der Waals surface area contributed by atoms with Crippen molar-refractivity contribution >= 4 is 21.0 Å². The molecule has 0 bridgehead atoms. The van der Waals surface area contributed by atoms with Gasteiger partial charge in [0, 0.05) is 0 Å². The molecule has 0 amide bonds. The van der Waals surface area contributed by atoms with Crippen molar-refractivity contribution < 1.29 is 13.0 Å². The maximum absolute atomic E-state index is 10.4. The summed E-state index contributed by atoms with van der Waals surface area (Å²) in [5, 5.41) is 0. The van der Waals surface area contributed by atoms with Gasteiger partial charge in [-0.15, -0.1) is 0 Å². The largest absolute Gasteiger partial charge is 0.744 e. The summed E-state index contributed by atoms with van der Waals surface area (Å²) in [6.45, 7) is 4.08. The minimum Gasteiger partial charge on any atom is -0.744 e. The Morgan fingerprint density at radius 2 is 1.22 bits per heavy atom. The van der Waals surface area contributed by atoms with Crippen molar-refractivity contribution in [3.05, 3.63) is 90.5 Å². The van der Waals surface area contributed by atoms with Crippen LogP contribution in [0.4, 0.5) is 0 Å². The molecule has 0 atom stereocenters. The van der Waals surface area contributed by atoms with E-state index < -0.39 is 10.1 Å². The van der Waals surface area contributed by atoms with Gasteiger partial charge in [0.15, 0.2) is 9.79 Å². The van der Waals surface area contributed by atoms with E-state index in [1.54, 1.807) is 12.1 Å². The fourth-order valence-corrected chi connectivity index (χ4v) is 5.04. The lowest BCUT2D eigenvalue weighted by Crippen LogP contribution is -2.07. The third-order valence-corrected chi connectivity index (χ3v) is 7.12. The standard InChI is InChI=1S/C15H17S.C7H8O3S/c1-2-13-16(14-9-5-3-6-10-14)15-11-7-4-8-12-15;1-6-2-4-7(5-3-6)11(8,9)10/h3-12H,2,13H2,1H3;2-5H,1H3,(H,8,9,10)/q+1;/p-1. The lowest BCUT2D eigenvalue weighted by molar-refractivity contribution is 0.463. The van der Waals surface area contributed by atoms with Crippen molar-refractivity contribution in [2.24, 2.45) is 0 Å². The molecule has 0 radical (unpaired) electrons. The summed E-state index contributed by atoms with van der Waals surface area (Å²) in [5.41, 5.74) is 0.928. The van der Waals surface area contributed by atoms with Crippen LogP contribution in [0.3, 0.4) is 0 Å². The van der Waals surface area contributed by atoms with E-state index in [2.05, 4.69) is 67.6 Å². The van der Waals surface area contributed by atoms with E-state index in [1.807, 2.05) is 6.92 Å². The van der Waals surface area contributed by atoms with Crippen LogP contribution in [0.5, 0.6) is 0 Å². The van der Waals surface area contributed by atoms with Gasteiger partial charge in [-0.1, -0.05) is 61.0 Å². The molecule has 0 heterocycles. The molecule has 0 aliphatic carbocycles. The van der Waals surface area contributed by atoms with Crippen LogP contribution >= 0.6 is 0 Å². The molecule has 3 aromatic rings. The first-order chi connectivity index (χ1) is 12.9. The van der Waals surface area contributed by atoms with Crippen molar-refractivity contribution in [2.75, 3.05) is 5.75 Å². The molecule has 0 aliphatic heterocycles. The van der Waals surface area contributed by atoms with E-state index in [9.17, 15) is 13.0 Å². The number of benzene rings is 3. The minimum atomic E-state index is -4.27. The zero-order valence-electron chi connectivity index (χ0n) is 15.5. The van der Waals surface area contributed by atoms with Crippen LogP contribution in [-0.4, -0.2) is 18.7 Å². The Hall–Kier alpha value is -2.08. The van der Waals surface area contributed by atoms with Crippen molar-refractivity contribution in [3.8, 4) is 0 Å². The summed E-state index contributed by atoms with van der Waals surface area (Å²) >= 11 is 0. The molecule has 142 valence electrons. The topological polar surface area (TPSA) is 57.2 Å². The molecule has 0 aliphatic rings. The maximum atomic E-state index is 10.4. The molecule has 0 saturated carbocycles. The van der Waals surface area contributed by atoms with E-state index in [1.165, 1.54) is 34.1 Å². The zero-order chi connectivity index (χ0) is 19.7. The lowest BCUT2D eigenvalue weighted by Gasteiger charge is -2.06. The van der Waals surface area contributed by atoms with Gasteiger partial charge in [-0.2, -0.15) is 0 Å². The van der Waals surface area contributed by atoms with E-state index in [0.29, 0.717) is 0 Å². The highest BCUT2D eigenvalue weighted by atomic mass is 32.2. The molecule has 0 unspecified atom stereocenters. The van der Waals surface area contributed by atoms with Crippen LogP contribution in [-0.2, 0) is 21.0 Å². The molecule has 3 nitrogen and oxygen atoms in total. The van der Waals surface area contributed by atoms with Gasteiger partial charge >= 0.3 is 0 Å². The quantitative estimate of drug-likeness (QED) is 0.446. The van der Waals surface area contributed by atoms with E-state index >= 15 is 0 Å². The third kappa shape index (κ3) is 6.86. The van der Waals surface area contributed by atoms with Crippen molar-refractivity contribution in [1.29, 1.82) is 0 Å². The highest BCUT2D eigenvalue weighted by molar-refractivity contribution is 7.97. The second kappa shape index (κ2) is 10.3. The first-order valence-electron chi connectivity index (χ1n) is 8.75. The zero-order valence-corrected chi connectivity index (χ0v) is 17.2. The normalized spacial score (nSPS) is 11.0. The number of aryl methyl sites for hydroxylation is 1. The number of hydrogen-bond donors (Lipinski definition) is 0. The van der Waals surface area contributed by atoms with Gasteiger partial charge in [-0.25, -0.2) is 8.42 Å². The molecule has 27 heavy (non-hydrogen) atoms. The first-order valence-corrected chi connectivity index (χ1v) is 11.6. The van der Waals surface area contributed by atoms with Gasteiger partial charge in [0.2, 0.25) is 0 Å². The van der Waals surface area contributed by atoms with Gasteiger partial charge in [0.25, 0.3) is 0 Å². The van der Waals surface area contributed by atoms with Crippen molar-refractivity contribution in [2.45, 2.75) is 35.0 Å². The molecule has 3 aromatic carbocycles. The smallest absolute Gasteiger partial charge is 0.160 e. The average molecular weight is 401 g/mol. The summed E-state index contributed by atoms with van der Waals surface area (Å²) in [5.74, 6) is 1.24. The third-order valence-electron chi connectivity index (χ3n) is 3.77. The number of hydrogen-bond acceptors (Lipinski definition) is 3. The lowest BCUT2D eigenvalue weighted by atomic mass is 10.2. The highest BCUT2D eigenvalue weighted by Gasteiger charge is 2.22. The van der Waals surface area contributed by atoms with E-state index in [0.717, 1.165) is 5.56 Å². The molecule has 0 saturated heterocycles. The molecule has 0 fully saturated rings. The SMILES string of the molecule is CCC[S+](c1ccccc1)c1ccccc1.Cc1ccc(S(=O)(=O)[O-])cc1. The Morgan fingerprint density at radius 1 is 0.778 bits per heavy atom. The summed E-state index contributed by atoms with van der Waals surface area (Å²) in [4.78, 5) is 2.73. The Kier molecular flexibility index (Phi) is 8.10. The van der Waals surface area contributed by atoms with Crippen LogP contribution in [0.25, 0.3) is 0 Å². The highest BCUT2D eigenvalue weighted by Crippen LogP contribution is 2.23. The molecule has 0 aromatic heterocycles. The molecule has 3 rings (SSSR count). The molecule has 5 heteroatoms. The van der Waals surface area contributed by atoms with Gasteiger partial charge in [0.1, 0.15) is 15.9 Å². The Bertz CT molecular complexity index is 867. The Balaban J connectivity index is 0.000000208. The van der Waals surface area contributed by atoms with E-state index in [-0.39, 0.29) is 15.8 Å². The minimum absolute atomic E-state index is 0.178.